The normalized spacial score (nSPS) is 16.7. The molecule has 1 unspecified atom stereocenters. The number of Topliss-reactive ketones (excluding diaryl/α,β-unsaturated/α-hetero) is 1. The van der Waals surface area contributed by atoms with Crippen LogP contribution in [0.5, 0.6) is 0 Å². The minimum absolute atomic E-state index is 0.0376. The number of hydrogen-bond acceptors (Lipinski definition) is 5. The lowest BCUT2D eigenvalue weighted by Gasteiger charge is -2.37. The van der Waals surface area contributed by atoms with Crippen LogP contribution in [0.1, 0.15) is 99.8 Å². The standard InChI is InChI=1S/C44H54N4O4/c1-6-8-21-47(22-9-7-2)43(50)36-27-40(46(4)30(36)3)38-25-33-19-20-45-42(41(49)23-31-15-11-10-12-16-31)37(33)26-39(38)44(51)48-28-34-18-14-13-17-32(34)24-35(48)29-52-5/h10-18,25-27,35,42,45H,6-9,19-24,28-29H2,1-5H3/t35-,42?/m0/s1. The van der Waals surface area contributed by atoms with Gasteiger partial charge < -0.3 is 24.4 Å². The lowest BCUT2D eigenvalue weighted by molar-refractivity contribution is -0.120. The molecule has 1 aromatic heterocycles. The molecule has 0 saturated carbocycles. The Morgan fingerprint density at radius 2 is 1.58 bits per heavy atom. The number of ketones is 1. The monoisotopic (exact) mass is 702 g/mol. The Morgan fingerprint density at radius 1 is 0.885 bits per heavy atom. The summed E-state index contributed by atoms with van der Waals surface area (Å²) in [5.74, 6) is 0.00777. The number of unbranched alkanes of at least 4 members (excludes halogenated alkanes) is 2. The highest BCUT2D eigenvalue weighted by Crippen LogP contribution is 2.37. The first-order chi connectivity index (χ1) is 25.2. The number of hydrogen-bond donors (Lipinski definition) is 1. The van der Waals surface area contributed by atoms with Crippen LogP contribution in [0.15, 0.2) is 72.8 Å². The molecule has 8 heteroatoms. The number of rotatable bonds is 14. The van der Waals surface area contributed by atoms with Crippen molar-refractivity contribution in [2.24, 2.45) is 7.05 Å². The molecule has 2 atom stereocenters. The number of fused-ring (bicyclic) bond motifs is 2. The van der Waals surface area contributed by atoms with Crippen LogP contribution in [0.3, 0.4) is 0 Å². The van der Waals surface area contributed by atoms with Crippen molar-refractivity contribution in [3.05, 3.63) is 117 Å². The quantitative estimate of drug-likeness (QED) is 0.150. The first-order valence-electron chi connectivity index (χ1n) is 19.0. The number of ether oxygens (including phenoxy) is 1. The van der Waals surface area contributed by atoms with Gasteiger partial charge in [0.05, 0.1) is 24.3 Å². The summed E-state index contributed by atoms with van der Waals surface area (Å²) in [5, 5.41) is 3.48. The van der Waals surface area contributed by atoms with E-state index in [2.05, 4.69) is 41.9 Å². The van der Waals surface area contributed by atoms with E-state index in [0.29, 0.717) is 43.7 Å². The van der Waals surface area contributed by atoms with E-state index in [9.17, 15) is 9.59 Å². The molecule has 0 aliphatic carbocycles. The number of aromatic nitrogens is 1. The van der Waals surface area contributed by atoms with Gasteiger partial charge in [0.15, 0.2) is 5.78 Å². The summed E-state index contributed by atoms with van der Waals surface area (Å²) < 4.78 is 7.73. The minimum Gasteiger partial charge on any atom is -0.383 e. The maximum Gasteiger partial charge on any atom is 0.255 e. The number of carbonyl (C=O) groups is 3. The molecule has 274 valence electrons. The Balaban J connectivity index is 1.46. The average Bonchev–Trinajstić information content (AvgIpc) is 3.46. The lowest BCUT2D eigenvalue weighted by Crippen LogP contribution is -2.47. The van der Waals surface area contributed by atoms with Crippen LogP contribution < -0.4 is 5.32 Å². The van der Waals surface area contributed by atoms with Crippen LogP contribution in [-0.2, 0) is 42.4 Å². The number of methoxy groups -OCH3 is 1. The van der Waals surface area contributed by atoms with Gasteiger partial charge in [-0.1, -0.05) is 81.3 Å². The van der Waals surface area contributed by atoms with Crippen molar-refractivity contribution < 1.29 is 19.1 Å². The molecular formula is C44H54N4O4. The Bertz CT molecular complexity index is 1890. The molecule has 6 rings (SSSR count). The largest absolute Gasteiger partial charge is 0.383 e. The maximum absolute atomic E-state index is 15.1. The molecule has 52 heavy (non-hydrogen) atoms. The van der Waals surface area contributed by atoms with Crippen LogP contribution in [0.25, 0.3) is 11.3 Å². The molecule has 4 aromatic rings. The van der Waals surface area contributed by atoms with Gasteiger partial charge in [-0.05, 0) is 78.6 Å². The van der Waals surface area contributed by atoms with Crippen LogP contribution in [0, 0.1) is 6.92 Å². The van der Waals surface area contributed by atoms with Crippen LogP contribution in [0.2, 0.25) is 0 Å². The zero-order valence-electron chi connectivity index (χ0n) is 31.5. The summed E-state index contributed by atoms with van der Waals surface area (Å²) in [6, 6.07) is 23.5. The summed E-state index contributed by atoms with van der Waals surface area (Å²) in [6.07, 6.45) is 5.68. The topological polar surface area (TPSA) is 83.9 Å². The first kappa shape index (κ1) is 37.2. The summed E-state index contributed by atoms with van der Waals surface area (Å²) in [4.78, 5) is 47.1. The van der Waals surface area contributed by atoms with Crippen molar-refractivity contribution in [2.75, 3.05) is 33.4 Å². The predicted octanol–water partition coefficient (Wildman–Crippen LogP) is 7.26. The van der Waals surface area contributed by atoms with E-state index in [4.69, 9.17) is 4.74 Å². The van der Waals surface area contributed by atoms with Crippen LogP contribution in [0.4, 0.5) is 0 Å². The van der Waals surface area contributed by atoms with Crippen molar-refractivity contribution in [3.63, 3.8) is 0 Å². The molecule has 0 spiro atoms. The molecule has 2 aliphatic heterocycles. The van der Waals surface area contributed by atoms with Crippen molar-refractivity contribution in [1.82, 2.24) is 19.7 Å². The van der Waals surface area contributed by atoms with Gasteiger partial charge in [-0.25, -0.2) is 0 Å². The highest BCUT2D eigenvalue weighted by molar-refractivity contribution is 6.03. The molecular weight excluding hydrogens is 649 g/mol. The van der Waals surface area contributed by atoms with Gasteiger partial charge in [-0.15, -0.1) is 0 Å². The zero-order chi connectivity index (χ0) is 36.8. The van der Waals surface area contributed by atoms with Gasteiger partial charge >= 0.3 is 0 Å². The van der Waals surface area contributed by atoms with Crippen LogP contribution >= 0.6 is 0 Å². The Morgan fingerprint density at radius 3 is 2.27 bits per heavy atom. The van der Waals surface area contributed by atoms with Gasteiger partial charge in [0, 0.05) is 69.3 Å². The fraction of sp³-hybridized carbons (Fsp3) is 0.432. The third-order valence-corrected chi connectivity index (χ3v) is 11.0. The van der Waals surface area contributed by atoms with E-state index in [-0.39, 0.29) is 23.6 Å². The van der Waals surface area contributed by atoms with Crippen molar-refractivity contribution in [3.8, 4) is 11.3 Å². The van der Waals surface area contributed by atoms with E-state index in [1.807, 2.05) is 78.4 Å². The molecule has 0 fully saturated rings. The zero-order valence-corrected chi connectivity index (χ0v) is 31.5. The smallest absolute Gasteiger partial charge is 0.255 e. The van der Waals surface area contributed by atoms with Crippen LogP contribution in [-0.4, -0.2) is 71.4 Å². The van der Waals surface area contributed by atoms with Gasteiger partial charge in [0.2, 0.25) is 0 Å². The Labute approximate surface area is 309 Å². The number of nitrogens with zero attached hydrogens (tertiary/aromatic N) is 3. The van der Waals surface area contributed by atoms with E-state index in [1.54, 1.807) is 7.11 Å². The van der Waals surface area contributed by atoms with Crippen molar-refractivity contribution in [1.29, 1.82) is 0 Å². The van der Waals surface area contributed by atoms with Gasteiger partial charge in [-0.2, -0.15) is 0 Å². The fourth-order valence-corrected chi connectivity index (χ4v) is 7.86. The minimum atomic E-state index is -0.528. The van der Waals surface area contributed by atoms with Gasteiger partial charge in [0.1, 0.15) is 0 Å². The van der Waals surface area contributed by atoms with E-state index >= 15 is 4.79 Å². The fourth-order valence-electron chi connectivity index (χ4n) is 7.86. The second-order valence-corrected chi connectivity index (χ2v) is 14.5. The maximum atomic E-state index is 15.1. The Kier molecular flexibility index (Phi) is 12.1. The predicted molar refractivity (Wildman–Crippen MR) is 207 cm³/mol. The molecule has 3 heterocycles. The molecule has 0 saturated heterocycles. The third kappa shape index (κ3) is 7.79. The summed E-state index contributed by atoms with van der Waals surface area (Å²) in [6.45, 7) is 9.28. The van der Waals surface area contributed by atoms with E-state index in [1.165, 1.54) is 5.56 Å². The lowest BCUT2D eigenvalue weighted by atomic mass is 9.85. The first-order valence-corrected chi connectivity index (χ1v) is 19.0. The van der Waals surface area contributed by atoms with Crippen molar-refractivity contribution in [2.45, 2.75) is 84.3 Å². The Hall–Kier alpha value is -4.53. The number of amides is 2. The molecule has 0 radical (unpaired) electrons. The molecule has 0 bridgehead atoms. The number of benzene rings is 3. The molecule has 1 N–H and O–H groups in total. The molecule has 3 aromatic carbocycles. The molecule has 8 nitrogen and oxygen atoms in total. The highest BCUT2D eigenvalue weighted by Gasteiger charge is 2.35. The number of carbonyl (C=O) groups excluding carboxylic acids is 3. The van der Waals surface area contributed by atoms with Gasteiger partial charge in [0.25, 0.3) is 11.8 Å². The second-order valence-electron chi connectivity index (χ2n) is 14.5. The van der Waals surface area contributed by atoms with E-state index in [0.717, 1.165) is 84.4 Å². The van der Waals surface area contributed by atoms with Crippen molar-refractivity contribution >= 4 is 17.6 Å². The summed E-state index contributed by atoms with van der Waals surface area (Å²) in [7, 11) is 3.66. The second kappa shape index (κ2) is 16.9. The average molecular weight is 703 g/mol. The molecule has 2 aliphatic rings. The molecule has 2 amide bonds. The van der Waals surface area contributed by atoms with Gasteiger partial charge in [-0.3, -0.25) is 14.4 Å². The SMILES string of the molecule is CCCCN(CCCC)C(=O)c1cc(-c2cc3c(cc2C(=O)N2Cc4ccccc4C[C@H]2COC)C(C(=O)Cc2ccccc2)NCC3)n(C)c1C. The number of nitrogens with one attached hydrogen (secondary N) is 1. The van der Waals surface area contributed by atoms with E-state index < -0.39 is 6.04 Å². The third-order valence-electron chi connectivity index (χ3n) is 11.0. The summed E-state index contributed by atoms with van der Waals surface area (Å²) >= 11 is 0. The highest BCUT2D eigenvalue weighted by atomic mass is 16.5. The summed E-state index contributed by atoms with van der Waals surface area (Å²) in [5.41, 5.74) is 8.91.